The fraction of sp³-hybridized carbons (Fsp3) is 0. The molecule has 0 fully saturated rings. The number of rotatable bonds is 7. The third kappa shape index (κ3) is 6.54. The predicted molar refractivity (Wildman–Crippen MR) is 117 cm³/mol. The minimum Gasteiger partial charge on any atom is -0.545 e. The molecule has 3 aromatic rings. The molecule has 0 aliphatic carbocycles. The Morgan fingerprint density at radius 3 is 1.90 bits per heavy atom. The Hall–Kier alpha value is -4.45. The summed E-state index contributed by atoms with van der Waals surface area (Å²) in [5.74, 6) is -2.32. The number of hydrogen-bond acceptors (Lipinski definition) is 4. The van der Waals surface area contributed by atoms with Crippen LogP contribution in [0.15, 0.2) is 96.7 Å². The van der Waals surface area contributed by atoms with Crippen molar-refractivity contribution in [2.75, 3.05) is 5.32 Å². The lowest BCUT2D eigenvalue weighted by molar-refractivity contribution is -0.255. The number of anilines is 1. The first kappa shape index (κ1) is 21.3. The highest BCUT2D eigenvalue weighted by molar-refractivity contribution is 6.10. The molecule has 3 aromatic carbocycles. The summed E-state index contributed by atoms with van der Waals surface area (Å²) < 4.78 is 0. The van der Waals surface area contributed by atoms with Gasteiger partial charge in [0, 0.05) is 11.8 Å². The van der Waals surface area contributed by atoms with E-state index in [2.05, 4.69) is 10.6 Å². The van der Waals surface area contributed by atoms with E-state index in [0.717, 1.165) is 11.1 Å². The molecule has 2 N–H and O–H groups in total. The molecule has 0 saturated carbocycles. The van der Waals surface area contributed by atoms with Gasteiger partial charge in [0.05, 0.1) is 5.97 Å². The van der Waals surface area contributed by atoms with E-state index >= 15 is 0 Å². The topological polar surface area (TPSA) is 98.3 Å². The van der Waals surface area contributed by atoms with E-state index < -0.39 is 17.8 Å². The summed E-state index contributed by atoms with van der Waals surface area (Å²) in [7, 11) is 0. The minimum absolute atomic E-state index is 0.00241. The summed E-state index contributed by atoms with van der Waals surface area (Å²) in [6.45, 7) is 0. The van der Waals surface area contributed by atoms with Crippen molar-refractivity contribution in [2.45, 2.75) is 0 Å². The summed E-state index contributed by atoms with van der Waals surface area (Å²) in [5, 5.41) is 16.1. The highest BCUT2D eigenvalue weighted by Crippen LogP contribution is 2.12. The summed E-state index contributed by atoms with van der Waals surface area (Å²) >= 11 is 0. The normalized spacial score (nSPS) is 11.2. The Labute approximate surface area is 179 Å². The van der Waals surface area contributed by atoms with Crippen LogP contribution in [0.25, 0.3) is 12.2 Å². The molecule has 0 heterocycles. The molecule has 0 aliphatic heterocycles. The van der Waals surface area contributed by atoms with Gasteiger partial charge in [-0.25, -0.2) is 0 Å². The fourth-order valence-electron chi connectivity index (χ4n) is 2.67. The van der Waals surface area contributed by atoms with Gasteiger partial charge < -0.3 is 20.5 Å². The maximum absolute atomic E-state index is 12.8. The zero-order chi connectivity index (χ0) is 22.1. The molecular weight excluding hydrogens is 392 g/mol. The third-order valence-electron chi connectivity index (χ3n) is 4.22. The number of carboxylic acids is 1. The monoisotopic (exact) mass is 411 g/mol. The van der Waals surface area contributed by atoms with Gasteiger partial charge in [-0.1, -0.05) is 72.8 Å². The second-order valence-electron chi connectivity index (χ2n) is 6.52. The van der Waals surface area contributed by atoms with Gasteiger partial charge in [0.1, 0.15) is 5.70 Å². The Bertz CT molecular complexity index is 1120. The maximum atomic E-state index is 12.8. The lowest BCUT2D eigenvalue weighted by Gasteiger charge is -2.11. The van der Waals surface area contributed by atoms with Gasteiger partial charge in [0.15, 0.2) is 0 Å². The standard InChI is InChI=1S/C25H20N2O4/c28-23(16-11-18-7-3-1-4-8-18)27-22(17-19-9-5-2-6-10-19)24(29)26-21-14-12-20(13-15-21)25(30)31/h1-17H,(H,26,29)(H,27,28)(H,30,31)/p-1/b16-11+,22-17+. The van der Waals surface area contributed by atoms with Gasteiger partial charge in [0.2, 0.25) is 5.91 Å². The number of benzene rings is 3. The number of aromatic carboxylic acids is 1. The van der Waals surface area contributed by atoms with Crippen molar-refractivity contribution >= 4 is 35.6 Å². The molecule has 154 valence electrons. The average molecular weight is 411 g/mol. The van der Waals surface area contributed by atoms with Crippen molar-refractivity contribution in [1.29, 1.82) is 0 Å². The van der Waals surface area contributed by atoms with Crippen molar-refractivity contribution in [3.05, 3.63) is 113 Å². The SMILES string of the molecule is O=C(/C=C/c1ccccc1)N/C(=C/c1ccccc1)C(=O)Nc1ccc(C(=O)[O-])cc1. The van der Waals surface area contributed by atoms with Crippen molar-refractivity contribution < 1.29 is 19.5 Å². The molecule has 0 aromatic heterocycles. The molecule has 6 heteroatoms. The Kier molecular flexibility index (Phi) is 7.11. The summed E-state index contributed by atoms with van der Waals surface area (Å²) in [6, 6.07) is 23.9. The van der Waals surface area contributed by atoms with Crippen LogP contribution in [0.3, 0.4) is 0 Å². The molecule has 0 bridgehead atoms. The maximum Gasteiger partial charge on any atom is 0.272 e. The van der Waals surface area contributed by atoms with Crippen molar-refractivity contribution in [1.82, 2.24) is 5.32 Å². The third-order valence-corrected chi connectivity index (χ3v) is 4.22. The number of nitrogens with one attached hydrogen (secondary N) is 2. The van der Waals surface area contributed by atoms with Crippen molar-refractivity contribution in [3.63, 3.8) is 0 Å². The van der Waals surface area contributed by atoms with E-state index in [9.17, 15) is 19.5 Å². The van der Waals surface area contributed by atoms with Crippen molar-refractivity contribution in [3.8, 4) is 0 Å². The molecule has 0 atom stereocenters. The first-order valence-corrected chi connectivity index (χ1v) is 9.45. The van der Waals surface area contributed by atoms with Crippen LogP contribution in [-0.4, -0.2) is 17.8 Å². The van der Waals surface area contributed by atoms with E-state index in [1.807, 2.05) is 48.5 Å². The van der Waals surface area contributed by atoms with Gasteiger partial charge in [0.25, 0.3) is 5.91 Å². The van der Waals surface area contributed by atoms with Crippen LogP contribution in [0.1, 0.15) is 21.5 Å². The average Bonchev–Trinajstić information content (AvgIpc) is 2.79. The molecule has 6 nitrogen and oxygen atoms in total. The van der Waals surface area contributed by atoms with Crippen LogP contribution < -0.4 is 15.7 Å². The number of carbonyl (C=O) groups excluding carboxylic acids is 3. The van der Waals surface area contributed by atoms with Gasteiger partial charge in [-0.15, -0.1) is 0 Å². The molecule has 3 rings (SSSR count). The Morgan fingerprint density at radius 1 is 0.742 bits per heavy atom. The molecule has 2 amide bonds. The van der Waals surface area contributed by atoms with Gasteiger partial charge in [-0.3, -0.25) is 9.59 Å². The highest BCUT2D eigenvalue weighted by atomic mass is 16.4. The molecule has 0 aliphatic rings. The van der Waals surface area contributed by atoms with Crippen LogP contribution in [-0.2, 0) is 9.59 Å². The lowest BCUT2D eigenvalue weighted by Crippen LogP contribution is -2.29. The Balaban J connectivity index is 1.78. The van der Waals surface area contributed by atoms with Crippen LogP contribution in [0.5, 0.6) is 0 Å². The summed E-state index contributed by atoms with van der Waals surface area (Å²) in [4.78, 5) is 36.1. The van der Waals surface area contributed by atoms with Gasteiger partial charge in [-0.05, 0) is 41.0 Å². The molecular formula is C25H19N2O4-. The van der Waals surface area contributed by atoms with E-state index in [1.165, 1.54) is 30.3 Å². The highest BCUT2D eigenvalue weighted by Gasteiger charge is 2.12. The fourth-order valence-corrected chi connectivity index (χ4v) is 2.67. The van der Waals surface area contributed by atoms with Gasteiger partial charge in [-0.2, -0.15) is 0 Å². The quantitative estimate of drug-likeness (QED) is 0.584. The molecule has 31 heavy (non-hydrogen) atoms. The molecule has 0 unspecified atom stereocenters. The second kappa shape index (κ2) is 10.4. The first-order chi connectivity index (χ1) is 15.0. The van der Waals surface area contributed by atoms with Crippen LogP contribution in [0.4, 0.5) is 5.69 Å². The number of hydrogen-bond donors (Lipinski definition) is 2. The van der Waals surface area contributed by atoms with Crippen LogP contribution >= 0.6 is 0 Å². The minimum atomic E-state index is -1.31. The number of amides is 2. The second-order valence-corrected chi connectivity index (χ2v) is 6.52. The largest absolute Gasteiger partial charge is 0.545 e. The van der Waals surface area contributed by atoms with Gasteiger partial charge >= 0.3 is 0 Å². The smallest absolute Gasteiger partial charge is 0.272 e. The summed E-state index contributed by atoms with van der Waals surface area (Å²) in [5.41, 5.74) is 1.99. The zero-order valence-electron chi connectivity index (χ0n) is 16.4. The number of carbonyl (C=O) groups is 3. The van der Waals surface area contributed by atoms with Crippen molar-refractivity contribution in [2.24, 2.45) is 0 Å². The lowest BCUT2D eigenvalue weighted by atomic mass is 10.1. The molecule has 0 spiro atoms. The van der Waals surface area contributed by atoms with Crippen LogP contribution in [0, 0.1) is 0 Å². The summed E-state index contributed by atoms with van der Waals surface area (Å²) in [6.07, 6.45) is 4.54. The predicted octanol–water partition coefficient (Wildman–Crippen LogP) is 2.86. The zero-order valence-corrected chi connectivity index (χ0v) is 16.4. The van der Waals surface area contributed by atoms with Crippen LogP contribution in [0.2, 0.25) is 0 Å². The van der Waals surface area contributed by atoms with E-state index in [0.29, 0.717) is 5.69 Å². The van der Waals surface area contributed by atoms with E-state index in [4.69, 9.17) is 0 Å². The van der Waals surface area contributed by atoms with E-state index in [-0.39, 0.29) is 11.3 Å². The van der Waals surface area contributed by atoms with E-state index in [1.54, 1.807) is 24.3 Å². The number of carboxylic acid groups (broad SMARTS) is 1. The molecule has 0 radical (unpaired) electrons. The molecule has 0 saturated heterocycles. The first-order valence-electron chi connectivity index (χ1n) is 9.45. The Morgan fingerprint density at radius 2 is 1.32 bits per heavy atom.